The Morgan fingerprint density at radius 2 is 1.95 bits per heavy atom. The predicted octanol–water partition coefficient (Wildman–Crippen LogP) is 4.82. The van der Waals surface area contributed by atoms with Gasteiger partial charge in [-0.15, -0.1) is 0 Å². The number of carbonyl (C=O) groups excluding carboxylic acids is 1. The molecule has 0 fully saturated rings. The lowest BCUT2D eigenvalue weighted by molar-refractivity contribution is 0.0514. The van der Waals surface area contributed by atoms with Crippen molar-refractivity contribution in [3.8, 4) is 11.3 Å². The third-order valence-corrected chi connectivity index (χ3v) is 3.34. The predicted molar refractivity (Wildman–Crippen MR) is 80.3 cm³/mol. The van der Waals surface area contributed by atoms with E-state index in [0.29, 0.717) is 16.3 Å². The van der Waals surface area contributed by atoms with Crippen LogP contribution in [0.15, 0.2) is 30.3 Å². The van der Waals surface area contributed by atoms with E-state index in [4.69, 9.17) is 16.3 Å². The Bertz CT molecular complexity index is 687. The summed E-state index contributed by atoms with van der Waals surface area (Å²) in [6, 6.07) is 7.88. The molecule has 2 aromatic rings. The lowest BCUT2D eigenvalue weighted by Crippen LogP contribution is -2.12. The highest BCUT2D eigenvalue weighted by atomic mass is 35.5. The largest absolute Gasteiger partial charge is 0.462 e. The molecule has 0 aliphatic carbocycles. The summed E-state index contributed by atoms with van der Waals surface area (Å²) in [6.45, 7) is 3.24. The number of pyridine rings is 1. The first-order chi connectivity index (χ1) is 10.4. The van der Waals surface area contributed by atoms with Crippen molar-refractivity contribution in [1.82, 2.24) is 4.98 Å². The van der Waals surface area contributed by atoms with Gasteiger partial charge in [-0.1, -0.05) is 23.7 Å². The molecule has 0 aliphatic rings. The lowest BCUT2D eigenvalue weighted by atomic mass is 10.0. The summed E-state index contributed by atoms with van der Waals surface area (Å²) in [7, 11) is 0. The first-order valence-electron chi connectivity index (χ1n) is 6.66. The van der Waals surface area contributed by atoms with Crippen LogP contribution in [0.25, 0.3) is 11.3 Å². The van der Waals surface area contributed by atoms with E-state index in [1.807, 2.05) is 0 Å². The fourth-order valence-electron chi connectivity index (χ4n) is 2.11. The number of aromatic nitrogens is 1. The summed E-state index contributed by atoms with van der Waals surface area (Å²) in [5, 5.41) is 0.540. The highest BCUT2D eigenvalue weighted by Crippen LogP contribution is 2.30. The van der Waals surface area contributed by atoms with Gasteiger partial charge in [-0.05, 0) is 32.0 Å². The Morgan fingerprint density at radius 3 is 2.50 bits per heavy atom. The first-order valence-corrected chi connectivity index (χ1v) is 7.04. The van der Waals surface area contributed by atoms with Crippen LogP contribution in [0, 0.1) is 6.92 Å². The van der Waals surface area contributed by atoms with Gasteiger partial charge in [0.1, 0.15) is 0 Å². The Hall–Kier alpha value is -2.01. The molecule has 1 aromatic heterocycles. The minimum absolute atomic E-state index is 0.111. The van der Waals surface area contributed by atoms with Crippen LogP contribution in [0.5, 0.6) is 0 Å². The Balaban J connectivity index is 2.56. The quantitative estimate of drug-likeness (QED) is 0.756. The maximum atomic E-state index is 13.3. The molecule has 0 saturated carbocycles. The van der Waals surface area contributed by atoms with Gasteiger partial charge in [0, 0.05) is 16.1 Å². The van der Waals surface area contributed by atoms with Crippen molar-refractivity contribution in [1.29, 1.82) is 0 Å². The average Bonchev–Trinajstić information content (AvgIpc) is 2.47. The molecule has 1 aromatic carbocycles. The van der Waals surface area contributed by atoms with Gasteiger partial charge in [0.2, 0.25) is 0 Å². The molecule has 0 unspecified atom stereocenters. The first kappa shape index (κ1) is 16.4. The second-order valence-electron chi connectivity index (χ2n) is 4.59. The molecule has 0 amide bonds. The molecule has 0 aliphatic heterocycles. The summed E-state index contributed by atoms with van der Waals surface area (Å²) in [5.74, 6) is -0.787. The van der Waals surface area contributed by atoms with E-state index in [9.17, 15) is 13.6 Å². The molecule has 0 bridgehead atoms. The molecule has 0 spiro atoms. The number of hydrogen-bond donors (Lipinski definition) is 0. The second kappa shape index (κ2) is 6.83. The van der Waals surface area contributed by atoms with Crippen LogP contribution >= 0.6 is 11.6 Å². The van der Waals surface area contributed by atoms with Crippen LogP contribution in [0.2, 0.25) is 5.02 Å². The van der Waals surface area contributed by atoms with Crippen LogP contribution in [0.1, 0.15) is 35.0 Å². The number of esters is 1. The summed E-state index contributed by atoms with van der Waals surface area (Å²) in [6.07, 6.45) is -2.80. The van der Waals surface area contributed by atoms with Crippen molar-refractivity contribution in [2.75, 3.05) is 6.61 Å². The van der Waals surface area contributed by atoms with Crippen molar-refractivity contribution < 1.29 is 18.3 Å². The van der Waals surface area contributed by atoms with Gasteiger partial charge >= 0.3 is 5.97 Å². The number of benzene rings is 1. The number of nitrogens with zero attached hydrogens (tertiary/aromatic N) is 1. The monoisotopic (exact) mass is 325 g/mol. The van der Waals surface area contributed by atoms with Crippen molar-refractivity contribution in [3.63, 3.8) is 0 Å². The van der Waals surface area contributed by atoms with E-state index >= 15 is 0 Å². The highest BCUT2D eigenvalue weighted by molar-refractivity contribution is 6.30. The molecule has 22 heavy (non-hydrogen) atoms. The molecule has 0 atom stereocenters. The maximum Gasteiger partial charge on any atom is 0.340 e. The Labute approximate surface area is 131 Å². The maximum absolute atomic E-state index is 13.3. The molecule has 116 valence electrons. The second-order valence-corrected chi connectivity index (χ2v) is 5.02. The normalized spacial score (nSPS) is 10.8. The number of halogens is 3. The molecule has 3 nitrogen and oxygen atoms in total. The number of carbonyl (C=O) groups is 1. The molecular formula is C16H14ClF2NO2. The number of alkyl halides is 2. The van der Waals surface area contributed by atoms with Crippen molar-refractivity contribution in [3.05, 3.63) is 52.2 Å². The van der Waals surface area contributed by atoms with Gasteiger partial charge in [-0.2, -0.15) is 0 Å². The van der Waals surface area contributed by atoms with E-state index in [0.717, 1.165) is 0 Å². The molecule has 0 N–H and O–H groups in total. The Morgan fingerprint density at radius 1 is 1.32 bits per heavy atom. The molecule has 0 radical (unpaired) electrons. The number of ether oxygens (including phenoxy) is 1. The lowest BCUT2D eigenvalue weighted by Gasteiger charge is -2.13. The smallest absolute Gasteiger partial charge is 0.340 e. The molecule has 2 rings (SSSR count). The van der Waals surface area contributed by atoms with Crippen molar-refractivity contribution in [2.45, 2.75) is 20.3 Å². The van der Waals surface area contributed by atoms with Gasteiger partial charge in [0.25, 0.3) is 6.43 Å². The van der Waals surface area contributed by atoms with Gasteiger partial charge in [0.15, 0.2) is 0 Å². The van der Waals surface area contributed by atoms with E-state index in [1.54, 1.807) is 31.2 Å². The van der Waals surface area contributed by atoms with Crippen LogP contribution in [-0.4, -0.2) is 17.6 Å². The Kier molecular flexibility index (Phi) is 5.08. The number of hydrogen-bond acceptors (Lipinski definition) is 3. The van der Waals surface area contributed by atoms with Crippen LogP contribution in [-0.2, 0) is 4.74 Å². The van der Waals surface area contributed by atoms with E-state index in [2.05, 4.69) is 4.98 Å². The standard InChI is InChI=1S/C16H14ClF2NO2/c1-3-22-16(21)14-9(2)20-13(8-12(14)15(18)19)10-4-6-11(17)7-5-10/h4-8,15H,3H2,1-2H3. The highest BCUT2D eigenvalue weighted by Gasteiger charge is 2.24. The van der Waals surface area contributed by atoms with Gasteiger partial charge in [0.05, 0.1) is 23.6 Å². The van der Waals surface area contributed by atoms with Gasteiger partial charge in [-0.3, -0.25) is 4.98 Å². The third-order valence-electron chi connectivity index (χ3n) is 3.09. The number of aryl methyl sites for hydroxylation is 1. The third kappa shape index (κ3) is 3.42. The van der Waals surface area contributed by atoms with E-state index in [1.165, 1.54) is 13.0 Å². The zero-order chi connectivity index (χ0) is 16.3. The topological polar surface area (TPSA) is 39.2 Å². The SMILES string of the molecule is CCOC(=O)c1c(C(F)F)cc(-c2ccc(Cl)cc2)nc1C. The van der Waals surface area contributed by atoms with Crippen molar-refractivity contribution in [2.24, 2.45) is 0 Å². The van der Waals surface area contributed by atoms with Gasteiger partial charge < -0.3 is 4.74 Å². The number of rotatable bonds is 4. The molecule has 0 saturated heterocycles. The summed E-state index contributed by atoms with van der Waals surface area (Å²) >= 11 is 5.81. The average molecular weight is 326 g/mol. The molecular weight excluding hydrogens is 312 g/mol. The van der Waals surface area contributed by atoms with E-state index in [-0.39, 0.29) is 23.4 Å². The zero-order valence-corrected chi connectivity index (χ0v) is 12.8. The van der Waals surface area contributed by atoms with Crippen molar-refractivity contribution >= 4 is 17.6 Å². The van der Waals surface area contributed by atoms with E-state index < -0.39 is 12.4 Å². The minimum Gasteiger partial charge on any atom is -0.462 e. The van der Waals surface area contributed by atoms with Crippen LogP contribution in [0.3, 0.4) is 0 Å². The van der Waals surface area contributed by atoms with Crippen LogP contribution < -0.4 is 0 Å². The zero-order valence-electron chi connectivity index (χ0n) is 12.1. The van der Waals surface area contributed by atoms with Gasteiger partial charge in [-0.25, -0.2) is 13.6 Å². The summed E-state index contributed by atoms with van der Waals surface area (Å²) in [5.41, 5.74) is 0.661. The molecule has 6 heteroatoms. The molecule has 1 heterocycles. The minimum atomic E-state index is -2.80. The fraction of sp³-hybridized carbons (Fsp3) is 0.250. The van der Waals surface area contributed by atoms with Crippen LogP contribution in [0.4, 0.5) is 8.78 Å². The summed E-state index contributed by atoms with van der Waals surface area (Å²) in [4.78, 5) is 16.1. The fourth-order valence-corrected chi connectivity index (χ4v) is 2.23. The summed E-state index contributed by atoms with van der Waals surface area (Å²) < 4.78 is 31.5.